The van der Waals surface area contributed by atoms with E-state index >= 15 is 0 Å². The van der Waals surface area contributed by atoms with Crippen LogP contribution >= 0.6 is 0 Å². The van der Waals surface area contributed by atoms with E-state index in [0.717, 1.165) is 12.1 Å². The number of hydrogen-bond donors (Lipinski definition) is 2. The molecule has 1 aromatic carbocycles. The Kier molecular flexibility index (Phi) is 5.45. The fraction of sp³-hybridized carbons (Fsp3) is 0.462. The number of hydrogen-bond acceptors (Lipinski definition) is 5. The van der Waals surface area contributed by atoms with E-state index in [1.54, 1.807) is 0 Å². The van der Waals surface area contributed by atoms with Crippen LogP contribution in [0.2, 0.25) is 0 Å². The summed E-state index contributed by atoms with van der Waals surface area (Å²) in [6.07, 6.45) is 0. The number of carbonyl (C=O) groups is 1. The summed E-state index contributed by atoms with van der Waals surface area (Å²) in [5.41, 5.74) is -0.517. The van der Waals surface area contributed by atoms with Gasteiger partial charge >= 0.3 is 0 Å². The number of nitrogens with one attached hydrogen (secondary N) is 1. The van der Waals surface area contributed by atoms with E-state index in [1.165, 1.54) is 13.2 Å². The Labute approximate surface area is 116 Å². The lowest BCUT2D eigenvalue weighted by molar-refractivity contribution is -0.385. The highest BCUT2D eigenvalue weighted by molar-refractivity contribution is 5.98. The summed E-state index contributed by atoms with van der Waals surface area (Å²) in [5.74, 6) is -0.702. The topological polar surface area (TPSA) is 102 Å². The van der Waals surface area contributed by atoms with Crippen LogP contribution in [-0.2, 0) is 4.74 Å². The minimum Gasteiger partial charge on any atom is -0.508 e. The van der Waals surface area contributed by atoms with Crippen molar-refractivity contribution in [2.75, 3.05) is 13.7 Å². The number of rotatable bonds is 6. The van der Waals surface area contributed by atoms with Crippen molar-refractivity contribution in [3.8, 4) is 5.75 Å². The Morgan fingerprint density at radius 2 is 2.15 bits per heavy atom. The molecule has 0 aliphatic carbocycles. The van der Waals surface area contributed by atoms with Crippen molar-refractivity contribution < 1.29 is 19.6 Å². The first-order chi connectivity index (χ1) is 9.36. The van der Waals surface area contributed by atoms with Crippen molar-refractivity contribution >= 4 is 11.6 Å². The Bertz CT molecular complexity index is 502. The first-order valence-electron chi connectivity index (χ1n) is 6.14. The number of phenolic OH excluding ortho intramolecular Hbond substituents is 1. The molecule has 0 saturated heterocycles. The summed E-state index contributed by atoms with van der Waals surface area (Å²) in [7, 11) is 1.51. The number of nitro benzene ring substituents is 1. The molecule has 7 nitrogen and oxygen atoms in total. The maximum absolute atomic E-state index is 12.1. The average molecular weight is 282 g/mol. The molecule has 110 valence electrons. The molecule has 0 spiro atoms. The van der Waals surface area contributed by atoms with Gasteiger partial charge in [0, 0.05) is 13.2 Å². The molecular formula is C13H18N2O5. The monoisotopic (exact) mass is 282 g/mol. The summed E-state index contributed by atoms with van der Waals surface area (Å²) in [4.78, 5) is 22.4. The molecule has 1 atom stereocenters. The zero-order valence-corrected chi connectivity index (χ0v) is 11.6. The number of phenols is 1. The van der Waals surface area contributed by atoms with Crippen LogP contribution in [0.5, 0.6) is 5.75 Å². The Morgan fingerprint density at radius 3 is 2.65 bits per heavy atom. The summed E-state index contributed by atoms with van der Waals surface area (Å²) in [6, 6.07) is 3.08. The van der Waals surface area contributed by atoms with E-state index in [1.807, 2.05) is 13.8 Å². The second-order valence-corrected chi connectivity index (χ2v) is 4.74. The number of aromatic hydroxyl groups is 1. The molecule has 1 unspecified atom stereocenters. The van der Waals surface area contributed by atoms with Gasteiger partial charge < -0.3 is 15.2 Å². The fourth-order valence-electron chi connectivity index (χ4n) is 1.69. The first-order valence-corrected chi connectivity index (χ1v) is 6.14. The van der Waals surface area contributed by atoms with Gasteiger partial charge in [-0.1, -0.05) is 13.8 Å². The Hall–Kier alpha value is -2.15. The SMILES string of the molecule is COCC(NC(=O)c1cc(O)ccc1[N+](=O)[O-])C(C)C. The highest BCUT2D eigenvalue weighted by Crippen LogP contribution is 2.23. The number of amides is 1. The van der Waals surface area contributed by atoms with Gasteiger partial charge in [-0.15, -0.1) is 0 Å². The summed E-state index contributed by atoms with van der Waals surface area (Å²) in [6.45, 7) is 4.11. The lowest BCUT2D eigenvalue weighted by Crippen LogP contribution is -2.41. The lowest BCUT2D eigenvalue weighted by Gasteiger charge is -2.21. The van der Waals surface area contributed by atoms with Gasteiger partial charge in [-0.2, -0.15) is 0 Å². The van der Waals surface area contributed by atoms with Crippen LogP contribution in [0.3, 0.4) is 0 Å². The minimum absolute atomic E-state index is 0.107. The number of nitrogens with zero attached hydrogens (tertiary/aromatic N) is 1. The van der Waals surface area contributed by atoms with Gasteiger partial charge in [0.05, 0.1) is 17.6 Å². The molecule has 7 heteroatoms. The normalized spacial score (nSPS) is 12.2. The maximum atomic E-state index is 12.1. The molecule has 1 rings (SSSR count). The molecule has 0 aliphatic heterocycles. The molecule has 0 bridgehead atoms. The van der Waals surface area contributed by atoms with E-state index in [-0.39, 0.29) is 29.0 Å². The van der Waals surface area contributed by atoms with Crippen LogP contribution in [0.1, 0.15) is 24.2 Å². The second kappa shape index (κ2) is 6.85. The maximum Gasteiger partial charge on any atom is 0.282 e. The molecule has 0 saturated carbocycles. The zero-order chi connectivity index (χ0) is 15.3. The van der Waals surface area contributed by atoms with Crippen molar-refractivity contribution in [2.45, 2.75) is 19.9 Å². The van der Waals surface area contributed by atoms with E-state index < -0.39 is 10.8 Å². The predicted octanol–water partition coefficient (Wildman–Crippen LogP) is 1.70. The third-order valence-corrected chi connectivity index (χ3v) is 2.89. The highest BCUT2D eigenvalue weighted by atomic mass is 16.6. The summed E-state index contributed by atoms with van der Waals surface area (Å²) < 4.78 is 5.01. The fourth-order valence-corrected chi connectivity index (χ4v) is 1.69. The van der Waals surface area contributed by atoms with Crippen LogP contribution < -0.4 is 5.32 Å². The van der Waals surface area contributed by atoms with Crippen molar-refractivity contribution in [1.29, 1.82) is 0 Å². The van der Waals surface area contributed by atoms with Crippen molar-refractivity contribution in [3.05, 3.63) is 33.9 Å². The number of nitro groups is 1. The van der Waals surface area contributed by atoms with Crippen LogP contribution in [0.25, 0.3) is 0 Å². The van der Waals surface area contributed by atoms with Crippen molar-refractivity contribution in [1.82, 2.24) is 5.32 Å². The van der Waals surface area contributed by atoms with E-state index in [9.17, 15) is 20.0 Å². The molecule has 0 aromatic heterocycles. The number of carbonyl (C=O) groups excluding carboxylic acids is 1. The third kappa shape index (κ3) is 3.92. The smallest absolute Gasteiger partial charge is 0.282 e. The number of benzene rings is 1. The average Bonchev–Trinajstić information content (AvgIpc) is 2.37. The molecule has 0 aliphatic rings. The van der Waals surface area contributed by atoms with Crippen LogP contribution in [0, 0.1) is 16.0 Å². The Balaban J connectivity index is 3.02. The van der Waals surface area contributed by atoms with Crippen molar-refractivity contribution in [3.63, 3.8) is 0 Å². The molecule has 1 aromatic rings. The molecule has 0 fully saturated rings. The summed E-state index contributed by atoms with van der Waals surface area (Å²) >= 11 is 0. The van der Waals surface area contributed by atoms with Gasteiger partial charge in [-0.3, -0.25) is 14.9 Å². The van der Waals surface area contributed by atoms with E-state index in [4.69, 9.17) is 4.74 Å². The second-order valence-electron chi connectivity index (χ2n) is 4.74. The van der Waals surface area contributed by atoms with Gasteiger partial charge in [0.1, 0.15) is 11.3 Å². The quantitative estimate of drug-likeness (QED) is 0.610. The third-order valence-electron chi connectivity index (χ3n) is 2.89. The highest BCUT2D eigenvalue weighted by Gasteiger charge is 2.24. The largest absolute Gasteiger partial charge is 0.508 e. The van der Waals surface area contributed by atoms with E-state index in [2.05, 4.69) is 5.32 Å². The molecule has 1 amide bonds. The van der Waals surface area contributed by atoms with Gasteiger partial charge in [0.2, 0.25) is 0 Å². The van der Waals surface area contributed by atoms with Gasteiger partial charge in [0.25, 0.3) is 11.6 Å². The summed E-state index contributed by atoms with van der Waals surface area (Å²) in [5, 5.41) is 23.0. The standard InChI is InChI=1S/C13H18N2O5/c1-8(2)11(7-20-3)14-13(17)10-6-9(16)4-5-12(10)15(18)19/h4-6,8,11,16H,7H2,1-3H3,(H,14,17). The lowest BCUT2D eigenvalue weighted by atomic mass is 10.0. The van der Waals surface area contributed by atoms with Gasteiger partial charge in [-0.25, -0.2) is 0 Å². The van der Waals surface area contributed by atoms with Gasteiger partial charge in [-0.05, 0) is 18.1 Å². The first kappa shape index (κ1) is 15.9. The molecule has 0 radical (unpaired) electrons. The Morgan fingerprint density at radius 1 is 1.50 bits per heavy atom. The van der Waals surface area contributed by atoms with Crippen molar-refractivity contribution in [2.24, 2.45) is 5.92 Å². The predicted molar refractivity (Wildman–Crippen MR) is 72.7 cm³/mol. The number of methoxy groups -OCH3 is 1. The van der Waals surface area contributed by atoms with Crippen LogP contribution in [-0.4, -0.2) is 35.7 Å². The zero-order valence-electron chi connectivity index (χ0n) is 11.6. The van der Waals surface area contributed by atoms with Crippen LogP contribution in [0.4, 0.5) is 5.69 Å². The molecular weight excluding hydrogens is 264 g/mol. The van der Waals surface area contributed by atoms with Gasteiger partial charge in [0.15, 0.2) is 0 Å². The minimum atomic E-state index is -0.658. The number of ether oxygens (including phenoxy) is 1. The molecule has 2 N–H and O–H groups in total. The molecule has 0 heterocycles. The van der Waals surface area contributed by atoms with Crippen LogP contribution in [0.15, 0.2) is 18.2 Å². The molecule has 20 heavy (non-hydrogen) atoms. The van der Waals surface area contributed by atoms with E-state index in [0.29, 0.717) is 6.61 Å².